The van der Waals surface area contributed by atoms with Gasteiger partial charge in [-0.15, -0.1) is 5.10 Å². The molecule has 2 heterocycles. The van der Waals surface area contributed by atoms with Gasteiger partial charge in [-0.3, -0.25) is 4.79 Å². The Labute approximate surface area is 126 Å². The fourth-order valence-corrected chi connectivity index (χ4v) is 2.53. The number of amides is 1. The molecule has 8 nitrogen and oxygen atoms in total. The molecular formula is C13H16FN7O. The SMILES string of the molecule is CN1CCCN(C(=O)Cn2nnc(N)n2)c2ccc(F)cc21. The third-order valence-electron chi connectivity index (χ3n) is 3.56. The van der Waals surface area contributed by atoms with Gasteiger partial charge in [-0.1, -0.05) is 5.10 Å². The molecule has 0 fully saturated rings. The molecule has 9 heteroatoms. The van der Waals surface area contributed by atoms with Gasteiger partial charge in [0.2, 0.25) is 0 Å². The number of hydrogen-bond donors (Lipinski definition) is 1. The number of nitrogen functional groups attached to an aromatic ring is 1. The van der Waals surface area contributed by atoms with Crippen LogP contribution in [0.2, 0.25) is 0 Å². The van der Waals surface area contributed by atoms with E-state index in [0.717, 1.165) is 17.8 Å². The number of nitrogens with zero attached hydrogens (tertiary/aromatic N) is 6. The number of fused-ring (bicyclic) bond motifs is 1. The summed E-state index contributed by atoms with van der Waals surface area (Å²) in [6, 6.07) is 4.41. The molecule has 3 rings (SSSR count). The van der Waals surface area contributed by atoms with Gasteiger partial charge in [0.15, 0.2) is 0 Å². The second-order valence-corrected chi connectivity index (χ2v) is 5.13. The van der Waals surface area contributed by atoms with Crippen LogP contribution in [0.15, 0.2) is 18.2 Å². The minimum Gasteiger partial charge on any atom is -0.373 e. The molecule has 0 unspecified atom stereocenters. The van der Waals surface area contributed by atoms with E-state index in [1.54, 1.807) is 11.0 Å². The number of rotatable bonds is 2. The highest BCUT2D eigenvalue weighted by atomic mass is 19.1. The molecule has 0 radical (unpaired) electrons. The van der Waals surface area contributed by atoms with Gasteiger partial charge in [-0.05, 0) is 29.8 Å². The zero-order valence-electron chi connectivity index (χ0n) is 12.1. The van der Waals surface area contributed by atoms with Crippen LogP contribution >= 0.6 is 0 Å². The summed E-state index contributed by atoms with van der Waals surface area (Å²) in [7, 11) is 1.88. The zero-order valence-corrected chi connectivity index (χ0v) is 12.1. The molecule has 1 aromatic heterocycles. The largest absolute Gasteiger partial charge is 0.373 e. The standard InChI is InChI=1S/C13H16FN7O/c1-19-5-2-6-20(10-4-3-9(14)7-11(10)19)12(22)8-21-17-13(15)16-18-21/h3-4,7H,2,5-6,8H2,1H3,(H2,15,17). The summed E-state index contributed by atoms with van der Waals surface area (Å²) < 4.78 is 13.5. The minimum absolute atomic E-state index is 0.0193. The number of carbonyl (C=O) groups excluding carboxylic acids is 1. The lowest BCUT2D eigenvalue weighted by atomic mass is 10.2. The van der Waals surface area contributed by atoms with Crippen molar-refractivity contribution < 1.29 is 9.18 Å². The molecule has 2 N–H and O–H groups in total. The maximum absolute atomic E-state index is 13.5. The van der Waals surface area contributed by atoms with E-state index in [4.69, 9.17) is 5.73 Å². The van der Waals surface area contributed by atoms with Crippen LogP contribution in [0.3, 0.4) is 0 Å². The van der Waals surface area contributed by atoms with Crippen LogP contribution in [0.25, 0.3) is 0 Å². The van der Waals surface area contributed by atoms with Crippen molar-refractivity contribution in [1.29, 1.82) is 0 Å². The number of hydrogen-bond acceptors (Lipinski definition) is 6. The van der Waals surface area contributed by atoms with E-state index in [2.05, 4.69) is 15.4 Å². The summed E-state index contributed by atoms with van der Waals surface area (Å²) in [6.45, 7) is 1.23. The predicted molar refractivity (Wildman–Crippen MR) is 78.9 cm³/mol. The average Bonchev–Trinajstić information content (AvgIpc) is 2.81. The van der Waals surface area contributed by atoms with Crippen LogP contribution in [0.5, 0.6) is 0 Å². The summed E-state index contributed by atoms with van der Waals surface area (Å²) >= 11 is 0. The Bertz CT molecular complexity index is 701. The highest BCUT2D eigenvalue weighted by Gasteiger charge is 2.24. The molecule has 1 aliphatic heterocycles. The summed E-state index contributed by atoms with van der Waals surface area (Å²) in [4.78, 5) is 17.2. The van der Waals surface area contributed by atoms with E-state index in [1.807, 2.05) is 11.9 Å². The van der Waals surface area contributed by atoms with Crippen molar-refractivity contribution >= 4 is 23.2 Å². The van der Waals surface area contributed by atoms with Crippen molar-refractivity contribution in [3.8, 4) is 0 Å². The Hall–Kier alpha value is -2.71. The quantitative estimate of drug-likeness (QED) is 0.856. The van der Waals surface area contributed by atoms with Crippen molar-refractivity contribution in [3.63, 3.8) is 0 Å². The molecule has 1 aliphatic rings. The summed E-state index contributed by atoms with van der Waals surface area (Å²) in [5.74, 6) is -0.503. The number of anilines is 3. The first kappa shape index (κ1) is 14.2. The fraction of sp³-hybridized carbons (Fsp3) is 0.385. The first-order valence-electron chi connectivity index (χ1n) is 6.89. The highest BCUT2D eigenvalue weighted by molar-refractivity contribution is 5.96. The molecule has 0 atom stereocenters. The van der Waals surface area contributed by atoms with Gasteiger partial charge in [0, 0.05) is 20.1 Å². The van der Waals surface area contributed by atoms with Gasteiger partial charge < -0.3 is 15.5 Å². The van der Waals surface area contributed by atoms with Crippen molar-refractivity contribution in [2.75, 3.05) is 35.7 Å². The van der Waals surface area contributed by atoms with Crippen LogP contribution < -0.4 is 15.5 Å². The molecular weight excluding hydrogens is 289 g/mol. The highest BCUT2D eigenvalue weighted by Crippen LogP contribution is 2.32. The topological polar surface area (TPSA) is 93.2 Å². The number of benzene rings is 1. The molecule has 0 spiro atoms. The van der Waals surface area contributed by atoms with Gasteiger partial charge in [0.05, 0.1) is 11.4 Å². The molecule has 0 bridgehead atoms. The van der Waals surface area contributed by atoms with Crippen LogP contribution in [-0.2, 0) is 11.3 Å². The first-order valence-corrected chi connectivity index (χ1v) is 6.89. The van der Waals surface area contributed by atoms with Gasteiger partial charge in [0.1, 0.15) is 12.4 Å². The molecule has 0 saturated heterocycles. The monoisotopic (exact) mass is 305 g/mol. The van der Waals surface area contributed by atoms with Gasteiger partial charge in [-0.2, -0.15) is 4.80 Å². The Morgan fingerprint density at radius 1 is 1.36 bits per heavy atom. The van der Waals surface area contributed by atoms with Gasteiger partial charge in [-0.25, -0.2) is 4.39 Å². The Kier molecular flexibility index (Phi) is 3.61. The second-order valence-electron chi connectivity index (χ2n) is 5.13. The van der Waals surface area contributed by atoms with Crippen LogP contribution in [0.4, 0.5) is 21.7 Å². The van der Waals surface area contributed by atoms with Crippen LogP contribution in [0.1, 0.15) is 6.42 Å². The minimum atomic E-state index is -0.328. The molecule has 0 aliphatic carbocycles. The normalized spacial score (nSPS) is 14.6. The number of nitrogens with two attached hydrogens (primary N) is 1. The number of aromatic nitrogens is 4. The van der Waals surface area contributed by atoms with E-state index >= 15 is 0 Å². The van der Waals surface area contributed by atoms with Crippen molar-refractivity contribution in [2.45, 2.75) is 13.0 Å². The van der Waals surface area contributed by atoms with E-state index < -0.39 is 0 Å². The third kappa shape index (κ3) is 2.69. The molecule has 0 saturated carbocycles. The van der Waals surface area contributed by atoms with Crippen LogP contribution in [0, 0.1) is 5.82 Å². The summed E-state index contributed by atoms with van der Waals surface area (Å²) in [5, 5.41) is 11.0. The Morgan fingerprint density at radius 3 is 2.91 bits per heavy atom. The lowest BCUT2D eigenvalue weighted by Crippen LogP contribution is -2.35. The van der Waals surface area contributed by atoms with E-state index in [0.29, 0.717) is 17.9 Å². The second kappa shape index (κ2) is 5.58. The molecule has 2 aromatic rings. The lowest BCUT2D eigenvalue weighted by Gasteiger charge is -2.24. The van der Waals surface area contributed by atoms with Crippen LogP contribution in [-0.4, -0.2) is 46.3 Å². The third-order valence-corrected chi connectivity index (χ3v) is 3.56. The number of halogens is 1. The average molecular weight is 305 g/mol. The van der Waals surface area contributed by atoms with E-state index in [1.165, 1.54) is 12.1 Å². The summed E-state index contributed by atoms with van der Waals surface area (Å²) in [6.07, 6.45) is 0.783. The molecule has 22 heavy (non-hydrogen) atoms. The molecule has 1 amide bonds. The summed E-state index contributed by atoms with van der Waals surface area (Å²) in [5.41, 5.74) is 6.76. The van der Waals surface area contributed by atoms with E-state index in [-0.39, 0.29) is 24.2 Å². The number of tetrazole rings is 1. The number of carbonyl (C=O) groups is 1. The molecule has 116 valence electrons. The maximum Gasteiger partial charge on any atom is 0.260 e. The van der Waals surface area contributed by atoms with E-state index in [9.17, 15) is 9.18 Å². The van der Waals surface area contributed by atoms with Gasteiger partial charge >= 0.3 is 0 Å². The van der Waals surface area contributed by atoms with Crippen molar-refractivity contribution in [1.82, 2.24) is 20.2 Å². The zero-order chi connectivity index (χ0) is 15.7. The Balaban J connectivity index is 1.90. The smallest absolute Gasteiger partial charge is 0.260 e. The predicted octanol–water partition coefficient (Wildman–Crippen LogP) is 0.268. The van der Waals surface area contributed by atoms with Gasteiger partial charge in [0.25, 0.3) is 11.9 Å². The molecule has 1 aromatic carbocycles. The van der Waals surface area contributed by atoms with Crippen molar-refractivity contribution in [3.05, 3.63) is 24.0 Å². The maximum atomic E-state index is 13.5. The first-order chi connectivity index (χ1) is 10.5. The Morgan fingerprint density at radius 2 is 2.18 bits per heavy atom. The fourth-order valence-electron chi connectivity index (χ4n) is 2.53. The lowest BCUT2D eigenvalue weighted by molar-refractivity contribution is -0.119. The van der Waals surface area contributed by atoms with Crippen molar-refractivity contribution in [2.24, 2.45) is 0 Å².